The molecule has 2 heterocycles. The molecule has 0 atom stereocenters. The predicted molar refractivity (Wildman–Crippen MR) is 65.0 cm³/mol. The maximum Gasteiger partial charge on any atom is 0.0406 e. The van der Waals surface area contributed by atoms with E-state index < -0.39 is 0 Å². The van der Waals surface area contributed by atoms with Crippen LogP contribution in [0.1, 0.15) is 18.3 Å². The fourth-order valence-electron chi connectivity index (χ4n) is 1.82. The number of pyridine rings is 2. The van der Waals surface area contributed by atoms with Crippen LogP contribution in [0.25, 0.3) is 0 Å². The minimum atomic E-state index is 0.574. The molecule has 0 saturated carbocycles. The molecule has 0 saturated heterocycles. The summed E-state index contributed by atoms with van der Waals surface area (Å²) in [5.41, 5.74) is 2.32. The van der Waals surface area contributed by atoms with Gasteiger partial charge in [-0.05, 0) is 43.0 Å². The Bertz CT molecular complexity index is 370. The van der Waals surface area contributed by atoms with Crippen molar-refractivity contribution >= 4 is 0 Å². The van der Waals surface area contributed by atoms with Gasteiger partial charge in [-0.1, -0.05) is 19.1 Å². The number of hydrogen-bond acceptors (Lipinski definition) is 2. The summed E-state index contributed by atoms with van der Waals surface area (Å²) in [5, 5.41) is 0. The fraction of sp³-hybridized carbons (Fsp3) is 0.286. The van der Waals surface area contributed by atoms with Gasteiger partial charge in [0.2, 0.25) is 0 Å². The van der Waals surface area contributed by atoms with Crippen molar-refractivity contribution in [1.82, 2.24) is 9.97 Å². The second-order valence-corrected chi connectivity index (χ2v) is 4.16. The first-order chi connectivity index (χ1) is 7.84. The van der Waals surface area contributed by atoms with Crippen molar-refractivity contribution in [1.29, 1.82) is 0 Å². The van der Waals surface area contributed by atoms with Crippen molar-refractivity contribution < 1.29 is 0 Å². The van der Waals surface area contributed by atoms with Crippen LogP contribution in [0.4, 0.5) is 0 Å². The molecule has 0 aliphatic heterocycles. The van der Waals surface area contributed by atoms with Gasteiger partial charge >= 0.3 is 0 Å². The van der Waals surface area contributed by atoms with E-state index in [4.69, 9.17) is 0 Å². The second-order valence-electron chi connectivity index (χ2n) is 4.16. The molecule has 0 N–H and O–H groups in total. The van der Waals surface area contributed by atoms with Crippen molar-refractivity contribution in [2.24, 2.45) is 5.92 Å². The van der Waals surface area contributed by atoms with E-state index in [1.807, 2.05) is 36.7 Å². The highest BCUT2D eigenvalue weighted by Crippen LogP contribution is 2.10. The molecular weight excluding hydrogens is 196 g/mol. The first-order valence-electron chi connectivity index (χ1n) is 5.64. The zero-order chi connectivity index (χ0) is 11.2. The zero-order valence-electron chi connectivity index (χ0n) is 9.50. The maximum atomic E-state index is 4.34. The summed E-state index contributed by atoms with van der Waals surface area (Å²) in [6.45, 7) is 2.24. The molecule has 0 bridgehead atoms. The van der Waals surface area contributed by atoms with Gasteiger partial charge in [0.25, 0.3) is 0 Å². The fourth-order valence-corrected chi connectivity index (χ4v) is 1.82. The topological polar surface area (TPSA) is 25.8 Å². The lowest BCUT2D eigenvalue weighted by molar-refractivity contribution is 0.561. The van der Waals surface area contributed by atoms with Crippen molar-refractivity contribution in [3.8, 4) is 0 Å². The summed E-state index contributed by atoms with van der Waals surface area (Å²) in [5.74, 6) is 0.574. The number of aromatic nitrogens is 2. The van der Waals surface area contributed by atoms with Crippen molar-refractivity contribution in [2.75, 3.05) is 0 Å². The molecule has 0 aliphatic carbocycles. The smallest absolute Gasteiger partial charge is 0.0406 e. The van der Waals surface area contributed by atoms with Gasteiger partial charge in [-0.3, -0.25) is 9.97 Å². The molecule has 82 valence electrons. The van der Waals surface area contributed by atoms with Gasteiger partial charge in [0, 0.05) is 23.8 Å². The second kappa shape index (κ2) is 5.40. The van der Waals surface area contributed by atoms with Crippen LogP contribution in [0.2, 0.25) is 0 Å². The third kappa shape index (κ3) is 3.16. The Morgan fingerprint density at radius 2 is 1.38 bits per heavy atom. The first kappa shape index (κ1) is 10.8. The van der Waals surface area contributed by atoms with Gasteiger partial charge in [0.15, 0.2) is 0 Å². The quantitative estimate of drug-likeness (QED) is 0.778. The van der Waals surface area contributed by atoms with Crippen LogP contribution < -0.4 is 0 Å². The predicted octanol–water partition coefficient (Wildman–Crippen LogP) is 2.90. The maximum absolute atomic E-state index is 4.34. The van der Waals surface area contributed by atoms with Gasteiger partial charge in [0.1, 0.15) is 0 Å². The van der Waals surface area contributed by atoms with E-state index in [1.54, 1.807) is 0 Å². The number of hydrogen-bond donors (Lipinski definition) is 0. The molecule has 0 unspecified atom stereocenters. The number of rotatable bonds is 4. The molecule has 0 fully saturated rings. The molecule has 0 aliphatic rings. The largest absolute Gasteiger partial charge is 0.261 e. The van der Waals surface area contributed by atoms with Gasteiger partial charge in [-0.2, -0.15) is 0 Å². The third-order valence-corrected chi connectivity index (χ3v) is 2.57. The molecule has 2 aromatic rings. The van der Waals surface area contributed by atoms with Crippen molar-refractivity contribution in [3.05, 3.63) is 60.2 Å². The molecule has 0 radical (unpaired) electrons. The van der Waals surface area contributed by atoms with Crippen LogP contribution in [0, 0.1) is 5.92 Å². The van der Waals surface area contributed by atoms with Crippen molar-refractivity contribution in [3.63, 3.8) is 0 Å². The van der Waals surface area contributed by atoms with E-state index in [-0.39, 0.29) is 0 Å². The lowest BCUT2D eigenvalue weighted by Gasteiger charge is -2.09. The third-order valence-electron chi connectivity index (χ3n) is 2.57. The zero-order valence-corrected chi connectivity index (χ0v) is 9.50. The van der Waals surface area contributed by atoms with Crippen LogP contribution in [0.5, 0.6) is 0 Å². The molecule has 0 spiro atoms. The highest BCUT2D eigenvalue weighted by Gasteiger charge is 2.06. The van der Waals surface area contributed by atoms with Gasteiger partial charge < -0.3 is 0 Å². The Morgan fingerprint density at radius 3 is 1.75 bits per heavy atom. The van der Waals surface area contributed by atoms with E-state index >= 15 is 0 Å². The van der Waals surface area contributed by atoms with Gasteiger partial charge in [0.05, 0.1) is 0 Å². The van der Waals surface area contributed by atoms with Crippen LogP contribution in [0.3, 0.4) is 0 Å². The summed E-state index contributed by atoms with van der Waals surface area (Å²) < 4.78 is 0. The van der Waals surface area contributed by atoms with Crippen LogP contribution >= 0.6 is 0 Å². The Labute approximate surface area is 96.4 Å². The normalized spacial score (nSPS) is 10.6. The standard InChI is InChI=1S/C14H16N2/c1-12(10-13-6-2-4-8-15-13)11-14-7-3-5-9-16-14/h2-9,12H,10-11H2,1H3. The molecule has 2 nitrogen and oxygen atoms in total. The Morgan fingerprint density at radius 1 is 0.875 bits per heavy atom. The summed E-state index contributed by atoms with van der Waals surface area (Å²) in [4.78, 5) is 8.68. The summed E-state index contributed by atoms with van der Waals surface area (Å²) in [6.07, 6.45) is 5.72. The molecule has 0 amide bonds. The van der Waals surface area contributed by atoms with E-state index in [0.29, 0.717) is 5.92 Å². The van der Waals surface area contributed by atoms with Gasteiger partial charge in [-0.15, -0.1) is 0 Å². The molecule has 0 aromatic carbocycles. The highest BCUT2D eigenvalue weighted by atomic mass is 14.7. The molecule has 2 rings (SSSR count). The van der Waals surface area contributed by atoms with E-state index in [0.717, 1.165) is 24.2 Å². The Hall–Kier alpha value is -1.70. The van der Waals surface area contributed by atoms with Crippen LogP contribution in [0.15, 0.2) is 48.8 Å². The highest BCUT2D eigenvalue weighted by molar-refractivity contribution is 5.07. The SMILES string of the molecule is CC(Cc1ccccn1)Cc1ccccn1. The summed E-state index contributed by atoms with van der Waals surface area (Å²) >= 11 is 0. The molecule has 2 heteroatoms. The van der Waals surface area contributed by atoms with E-state index in [2.05, 4.69) is 29.0 Å². The average molecular weight is 212 g/mol. The molecule has 2 aromatic heterocycles. The van der Waals surface area contributed by atoms with E-state index in [9.17, 15) is 0 Å². The van der Waals surface area contributed by atoms with E-state index in [1.165, 1.54) is 0 Å². The van der Waals surface area contributed by atoms with Gasteiger partial charge in [-0.25, -0.2) is 0 Å². The lowest BCUT2D eigenvalue weighted by Crippen LogP contribution is -2.06. The Kier molecular flexibility index (Phi) is 3.65. The van der Waals surface area contributed by atoms with Crippen LogP contribution in [-0.4, -0.2) is 9.97 Å². The lowest BCUT2D eigenvalue weighted by atomic mass is 9.99. The first-order valence-corrected chi connectivity index (χ1v) is 5.64. The Balaban J connectivity index is 1.92. The number of nitrogens with zero attached hydrogens (tertiary/aromatic N) is 2. The average Bonchev–Trinajstić information content (AvgIpc) is 2.31. The minimum Gasteiger partial charge on any atom is -0.261 e. The monoisotopic (exact) mass is 212 g/mol. The minimum absolute atomic E-state index is 0.574. The van der Waals surface area contributed by atoms with Crippen molar-refractivity contribution in [2.45, 2.75) is 19.8 Å². The van der Waals surface area contributed by atoms with Crippen LogP contribution in [-0.2, 0) is 12.8 Å². The summed E-state index contributed by atoms with van der Waals surface area (Å²) in [6, 6.07) is 12.1. The molecular formula is C14H16N2. The molecule has 16 heavy (non-hydrogen) atoms. The summed E-state index contributed by atoms with van der Waals surface area (Å²) in [7, 11) is 0.